The maximum Gasteiger partial charge on any atom is 0.312 e. The third-order valence-electron chi connectivity index (χ3n) is 4.44. The van der Waals surface area contributed by atoms with Crippen LogP contribution in [0.2, 0.25) is 0 Å². The molecule has 1 fully saturated rings. The molecule has 25 heavy (non-hydrogen) atoms. The Morgan fingerprint density at radius 1 is 1.16 bits per heavy atom. The second kappa shape index (κ2) is 9.39. The van der Waals surface area contributed by atoms with E-state index in [1.807, 2.05) is 12.1 Å². The summed E-state index contributed by atoms with van der Waals surface area (Å²) in [5, 5.41) is 5.56. The predicted octanol–water partition coefficient (Wildman–Crippen LogP) is 0.942. The third kappa shape index (κ3) is 6.03. The highest BCUT2D eigenvalue weighted by Crippen LogP contribution is 2.13. The Labute approximate surface area is 148 Å². The molecule has 0 aromatic heterocycles. The Hall–Kier alpha value is -2.12. The molecule has 1 aliphatic heterocycles. The number of morpholine rings is 1. The van der Waals surface area contributed by atoms with Gasteiger partial charge in [0, 0.05) is 37.8 Å². The number of rotatable bonds is 7. The van der Waals surface area contributed by atoms with Crippen LogP contribution in [0, 0.1) is 5.92 Å². The maximum atomic E-state index is 12.4. The Morgan fingerprint density at radius 2 is 1.80 bits per heavy atom. The lowest BCUT2D eigenvalue weighted by Gasteiger charge is -2.36. The van der Waals surface area contributed by atoms with Crippen LogP contribution in [0.4, 0.5) is 4.79 Å². The monoisotopic (exact) mass is 348 g/mol. The Morgan fingerprint density at radius 3 is 2.36 bits per heavy atom. The first-order valence-electron chi connectivity index (χ1n) is 8.69. The molecule has 7 heteroatoms. The highest BCUT2D eigenvalue weighted by molar-refractivity contribution is 5.94. The van der Waals surface area contributed by atoms with E-state index in [0.717, 1.165) is 31.9 Å². The molecule has 0 radical (unpaired) electrons. The summed E-state index contributed by atoms with van der Waals surface area (Å²) in [5.41, 5.74) is 6.54. The number of primary amides is 1. The van der Waals surface area contributed by atoms with E-state index >= 15 is 0 Å². The number of amides is 3. The number of hydrogen-bond acceptors (Lipinski definition) is 4. The van der Waals surface area contributed by atoms with E-state index in [0.29, 0.717) is 30.6 Å². The molecule has 1 aromatic rings. The molecule has 4 N–H and O–H groups in total. The summed E-state index contributed by atoms with van der Waals surface area (Å²) >= 11 is 0. The van der Waals surface area contributed by atoms with E-state index in [9.17, 15) is 9.59 Å². The van der Waals surface area contributed by atoms with Crippen molar-refractivity contribution in [3.63, 3.8) is 0 Å². The van der Waals surface area contributed by atoms with Crippen LogP contribution in [0.3, 0.4) is 0 Å². The number of hydrogen-bond donors (Lipinski definition) is 3. The Bertz CT molecular complexity index is 568. The summed E-state index contributed by atoms with van der Waals surface area (Å²) < 4.78 is 5.41. The van der Waals surface area contributed by atoms with Gasteiger partial charge in [-0.2, -0.15) is 0 Å². The molecule has 0 spiro atoms. The second-order valence-corrected chi connectivity index (χ2v) is 6.58. The number of ether oxygens (including phenoxy) is 1. The quantitative estimate of drug-likeness (QED) is 0.683. The largest absolute Gasteiger partial charge is 0.379 e. The molecule has 0 bridgehead atoms. The van der Waals surface area contributed by atoms with Gasteiger partial charge in [0.15, 0.2) is 0 Å². The first kappa shape index (κ1) is 19.2. The minimum absolute atomic E-state index is 0.0895. The summed E-state index contributed by atoms with van der Waals surface area (Å²) in [6, 6.07) is 6.87. The molecule has 1 saturated heterocycles. The van der Waals surface area contributed by atoms with E-state index in [1.165, 1.54) is 0 Å². The van der Waals surface area contributed by atoms with Crippen LogP contribution >= 0.6 is 0 Å². The number of benzene rings is 1. The van der Waals surface area contributed by atoms with Crippen molar-refractivity contribution in [2.45, 2.75) is 26.4 Å². The summed E-state index contributed by atoms with van der Waals surface area (Å²) in [7, 11) is 0. The molecule has 1 unspecified atom stereocenters. The molecule has 1 aliphatic rings. The number of carbonyl (C=O) groups is 2. The number of urea groups is 1. The van der Waals surface area contributed by atoms with Crippen molar-refractivity contribution in [2.75, 3.05) is 32.8 Å². The van der Waals surface area contributed by atoms with Crippen LogP contribution < -0.4 is 16.4 Å². The molecule has 138 valence electrons. The van der Waals surface area contributed by atoms with Crippen molar-refractivity contribution < 1.29 is 14.3 Å². The van der Waals surface area contributed by atoms with E-state index < -0.39 is 6.03 Å². The van der Waals surface area contributed by atoms with Gasteiger partial charge in [0.25, 0.3) is 5.91 Å². The van der Waals surface area contributed by atoms with Crippen molar-refractivity contribution in [3.05, 3.63) is 35.4 Å². The normalized spacial score (nSPS) is 16.4. The van der Waals surface area contributed by atoms with Crippen molar-refractivity contribution in [2.24, 2.45) is 11.7 Å². The highest BCUT2D eigenvalue weighted by atomic mass is 16.5. The van der Waals surface area contributed by atoms with Crippen LogP contribution in [0.5, 0.6) is 0 Å². The average Bonchev–Trinajstić information content (AvgIpc) is 2.61. The minimum atomic E-state index is -0.565. The van der Waals surface area contributed by atoms with Gasteiger partial charge < -0.3 is 21.1 Å². The number of carbonyl (C=O) groups excluding carboxylic acids is 2. The molecule has 1 aromatic carbocycles. The SMILES string of the molecule is CC(C)C(CNC(=O)c1ccc(CNC(N)=O)cc1)N1CCOCC1. The van der Waals surface area contributed by atoms with Crippen LogP contribution in [-0.2, 0) is 11.3 Å². The van der Waals surface area contributed by atoms with E-state index in [-0.39, 0.29) is 5.91 Å². The van der Waals surface area contributed by atoms with E-state index in [4.69, 9.17) is 10.5 Å². The summed E-state index contributed by atoms with van der Waals surface area (Å²) in [6.07, 6.45) is 0. The zero-order valence-electron chi connectivity index (χ0n) is 15.0. The average molecular weight is 348 g/mol. The summed E-state index contributed by atoms with van der Waals surface area (Å²) in [4.78, 5) is 25.5. The topological polar surface area (TPSA) is 96.7 Å². The fourth-order valence-corrected chi connectivity index (χ4v) is 2.96. The van der Waals surface area contributed by atoms with Gasteiger partial charge in [0.1, 0.15) is 0 Å². The summed E-state index contributed by atoms with van der Waals surface area (Å²) in [6.45, 7) is 8.61. The van der Waals surface area contributed by atoms with Gasteiger partial charge in [-0.3, -0.25) is 9.69 Å². The number of nitrogens with one attached hydrogen (secondary N) is 2. The molecular weight excluding hydrogens is 320 g/mol. The second-order valence-electron chi connectivity index (χ2n) is 6.58. The van der Waals surface area contributed by atoms with Crippen LogP contribution in [-0.4, -0.2) is 55.7 Å². The number of nitrogens with zero attached hydrogens (tertiary/aromatic N) is 1. The molecule has 3 amide bonds. The zero-order valence-corrected chi connectivity index (χ0v) is 15.0. The fourth-order valence-electron chi connectivity index (χ4n) is 2.96. The summed E-state index contributed by atoms with van der Waals surface area (Å²) in [5.74, 6) is 0.356. The van der Waals surface area contributed by atoms with Crippen molar-refractivity contribution in [3.8, 4) is 0 Å². The smallest absolute Gasteiger partial charge is 0.312 e. The van der Waals surface area contributed by atoms with Gasteiger partial charge in [-0.1, -0.05) is 26.0 Å². The third-order valence-corrected chi connectivity index (χ3v) is 4.44. The van der Waals surface area contributed by atoms with Crippen LogP contribution in [0.1, 0.15) is 29.8 Å². The predicted molar refractivity (Wildman–Crippen MR) is 96.2 cm³/mol. The fraction of sp³-hybridized carbons (Fsp3) is 0.556. The van der Waals surface area contributed by atoms with Gasteiger partial charge in [0.2, 0.25) is 0 Å². The zero-order chi connectivity index (χ0) is 18.2. The van der Waals surface area contributed by atoms with Gasteiger partial charge in [-0.15, -0.1) is 0 Å². The maximum absolute atomic E-state index is 12.4. The van der Waals surface area contributed by atoms with Gasteiger partial charge in [-0.25, -0.2) is 4.79 Å². The van der Waals surface area contributed by atoms with E-state index in [2.05, 4.69) is 29.4 Å². The Balaban J connectivity index is 1.88. The van der Waals surface area contributed by atoms with Crippen molar-refractivity contribution in [1.29, 1.82) is 0 Å². The lowest BCUT2D eigenvalue weighted by Crippen LogP contribution is -2.51. The minimum Gasteiger partial charge on any atom is -0.379 e. The van der Waals surface area contributed by atoms with Gasteiger partial charge in [0.05, 0.1) is 13.2 Å². The first-order valence-corrected chi connectivity index (χ1v) is 8.69. The molecule has 0 saturated carbocycles. The molecule has 1 heterocycles. The molecular formula is C18H28N4O3. The van der Waals surface area contributed by atoms with Crippen molar-refractivity contribution >= 4 is 11.9 Å². The van der Waals surface area contributed by atoms with E-state index in [1.54, 1.807) is 12.1 Å². The molecule has 7 nitrogen and oxygen atoms in total. The van der Waals surface area contributed by atoms with Gasteiger partial charge >= 0.3 is 6.03 Å². The molecule has 1 atom stereocenters. The van der Waals surface area contributed by atoms with Crippen molar-refractivity contribution in [1.82, 2.24) is 15.5 Å². The highest BCUT2D eigenvalue weighted by Gasteiger charge is 2.24. The van der Waals surface area contributed by atoms with Crippen LogP contribution in [0.15, 0.2) is 24.3 Å². The first-order chi connectivity index (χ1) is 12.0. The lowest BCUT2D eigenvalue weighted by atomic mass is 10.0. The lowest BCUT2D eigenvalue weighted by molar-refractivity contribution is 0.00673. The molecule has 0 aliphatic carbocycles. The number of nitrogens with two attached hydrogens (primary N) is 1. The van der Waals surface area contributed by atoms with Crippen LogP contribution in [0.25, 0.3) is 0 Å². The Kier molecular flexibility index (Phi) is 7.21. The van der Waals surface area contributed by atoms with Gasteiger partial charge in [-0.05, 0) is 23.6 Å². The molecule has 2 rings (SSSR count). The standard InChI is InChI=1S/C18H28N4O3/c1-13(2)16(22-7-9-25-10-8-22)12-20-17(23)15-5-3-14(4-6-15)11-21-18(19)24/h3-6,13,16H,7-12H2,1-2H3,(H,20,23)(H3,19,21,24).